The molecule has 3 atom stereocenters. The lowest BCUT2D eigenvalue weighted by Crippen LogP contribution is -2.31. The second-order valence-corrected chi connectivity index (χ2v) is 7.20. The third-order valence-electron chi connectivity index (χ3n) is 5.45. The van der Waals surface area contributed by atoms with Gasteiger partial charge in [0.05, 0.1) is 30.8 Å². The average Bonchev–Trinajstić information content (AvgIpc) is 3.42. The van der Waals surface area contributed by atoms with Crippen LogP contribution in [0.25, 0.3) is 0 Å². The molecule has 2 amide bonds. The van der Waals surface area contributed by atoms with Gasteiger partial charge in [-0.25, -0.2) is 4.68 Å². The van der Waals surface area contributed by atoms with Crippen LogP contribution in [-0.2, 0) is 14.3 Å². The summed E-state index contributed by atoms with van der Waals surface area (Å²) < 4.78 is 7.22. The summed E-state index contributed by atoms with van der Waals surface area (Å²) in [4.78, 5) is 27.1. The zero-order valence-electron chi connectivity index (χ0n) is 15.4. The van der Waals surface area contributed by atoms with E-state index in [1.54, 1.807) is 17.2 Å². The minimum Gasteiger partial charge on any atom is -0.379 e. The highest BCUT2D eigenvalue weighted by atomic mass is 16.5. The highest BCUT2D eigenvalue weighted by molar-refractivity contribution is 5.96. The Morgan fingerprint density at radius 2 is 2.11 bits per heavy atom. The maximum absolute atomic E-state index is 12.8. The number of benzene rings is 1. The van der Waals surface area contributed by atoms with Gasteiger partial charge < -0.3 is 15.0 Å². The molecule has 2 aromatic rings. The van der Waals surface area contributed by atoms with Crippen LogP contribution in [0.15, 0.2) is 42.6 Å². The molecule has 1 aromatic carbocycles. The van der Waals surface area contributed by atoms with Crippen LogP contribution in [0.1, 0.15) is 37.4 Å². The second-order valence-electron chi connectivity index (χ2n) is 7.20. The molecule has 2 saturated heterocycles. The fraction of sp³-hybridized carbons (Fsp3) is 0.450. The van der Waals surface area contributed by atoms with E-state index in [0.29, 0.717) is 25.6 Å². The zero-order valence-corrected chi connectivity index (χ0v) is 15.4. The van der Waals surface area contributed by atoms with Crippen LogP contribution in [0, 0.1) is 5.92 Å². The molecule has 142 valence electrons. The number of rotatable bonds is 5. The van der Waals surface area contributed by atoms with Crippen molar-refractivity contribution < 1.29 is 14.3 Å². The average molecular weight is 368 g/mol. The summed E-state index contributed by atoms with van der Waals surface area (Å²) in [7, 11) is 0. The van der Waals surface area contributed by atoms with Gasteiger partial charge in [-0.05, 0) is 18.9 Å². The fourth-order valence-electron chi connectivity index (χ4n) is 3.84. The van der Waals surface area contributed by atoms with E-state index in [9.17, 15) is 9.59 Å². The first kappa shape index (κ1) is 17.7. The molecule has 4 rings (SSSR count). The van der Waals surface area contributed by atoms with Crippen LogP contribution >= 0.6 is 0 Å². The van der Waals surface area contributed by atoms with Gasteiger partial charge in [0.2, 0.25) is 11.8 Å². The van der Waals surface area contributed by atoms with Gasteiger partial charge in [-0.15, -0.1) is 0 Å². The van der Waals surface area contributed by atoms with Gasteiger partial charge in [-0.3, -0.25) is 9.59 Å². The summed E-state index contributed by atoms with van der Waals surface area (Å²) in [6.45, 7) is 3.75. The number of nitrogens with one attached hydrogen (secondary N) is 1. The standard InChI is InChI=1S/C20H24N4O3/c1-14(15-5-3-2-4-6-15)23-12-16(11-19(23)25)20(26)22-18-7-9-21-24(18)17-8-10-27-13-17/h2-7,9,14,16-17H,8,10-13H2,1H3,(H,22,26). The summed E-state index contributed by atoms with van der Waals surface area (Å²) in [5, 5.41) is 7.28. The number of hydrogen-bond acceptors (Lipinski definition) is 4. The normalized spacial score (nSPS) is 23.6. The van der Waals surface area contributed by atoms with E-state index in [2.05, 4.69) is 10.4 Å². The van der Waals surface area contributed by atoms with Gasteiger partial charge in [0, 0.05) is 25.6 Å². The van der Waals surface area contributed by atoms with Crippen LogP contribution in [0.4, 0.5) is 5.82 Å². The lowest BCUT2D eigenvalue weighted by molar-refractivity contribution is -0.129. The van der Waals surface area contributed by atoms with Crippen molar-refractivity contribution in [3.05, 3.63) is 48.2 Å². The summed E-state index contributed by atoms with van der Waals surface area (Å²) in [5.74, 6) is 0.195. The lowest BCUT2D eigenvalue weighted by atomic mass is 10.1. The van der Waals surface area contributed by atoms with E-state index in [0.717, 1.165) is 12.0 Å². The molecule has 1 aromatic heterocycles. The molecule has 0 aliphatic carbocycles. The predicted molar refractivity (Wildman–Crippen MR) is 100 cm³/mol. The number of aromatic nitrogens is 2. The van der Waals surface area contributed by atoms with Gasteiger partial charge in [-0.2, -0.15) is 5.10 Å². The molecular weight excluding hydrogens is 344 g/mol. The quantitative estimate of drug-likeness (QED) is 0.879. The molecule has 0 spiro atoms. The number of carbonyl (C=O) groups excluding carboxylic acids is 2. The molecular formula is C20H24N4O3. The Hall–Kier alpha value is -2.67. The molecule has 3 unspecified atom stereocenters. The van der Waals surface area contributed by atoms with Crippen molar-refractivity contribution in [2.75, 3.05) is 25.1 Å². The summed E-state index contributed by atoms with van der Waals surface area (Å²) in [6, 6.07) is 11.8. The molecule has 2 aliphatic rings. The summed E-state index contributed by atoms with van der Waals surface area (Å²) in [5.41, 5.74) is 1.08. The van der Waals surface area contributed by atoms with E-state index in [1.807, 2.05) is 41.9 Å². The van der Waals surface area contributed by atoms with Gasteiger partial charge >= 0.3 is 0 Å². The Balaban J connectivity index is 1.42. The number of nitrogens with zero attached hydrogens (tertiary/aromatic N) is 3. The molecule has 0 radical (unpaired) electrons. The Labute approximate surface area is 158 Å². The monoisotopic (exact) mass is 368 g/mol. The Morgan fingerprint density at radius 1 is 1.30 bits per heavy atom. The predicted octanol–water partition coefficient (Wildman–Crippen LogP) is 2.39. The summed E-state index contributed by atoms with van der Waals surface area (Å²) >= 11 is 0. The zero-order chi connectivity index (χ0) is 18.8. The van der Waals surface area contributed by atoms with E-state index < -0.39 is 0 Å². The van der Waals surface area contributed by atoms with Gasteiger partial charge in [-0.1, -0.05) is 30.3 Å². The van der Waals surface area contributed by atoms with Crippen LogP contribution in [0.3, 0.4) is 0 Å². The van der Waals surface area contributed by atoms with Crippen LogP contribution in [0.5, 0.6) is 0 Å². The van der Waals surface area contributed by atoms with Crippen molar-refractivity contribution in [3.8, 4) is 0 Å². The van der Waals surface area contributed by atoms with E-state index in [4.69, 9.17) is 4.74 Å². The highest BCUT2D eigenvalue weighted by Gasteiger charge is 2.37. The molecule has 7 nitrogen and oxygen atoms in total. The van der Waals surface area contributed by atoms with Crippen molar-refractivity contribution in [1.29, 1.82) is 0 Å². The van der Waals surface area contributed by atoms with Crippen molar-refractivity contribution in [3.63, 3.8) is 0 Å². The van der Waals surface area contributed by atoms with E-state index in [1.165, 1.54) is 0 Å². The van der Waals surface area contributed by atoms with Gasteiger partial charge in [0.15, 0.2) is 0 Å². The number of carbonyl (C=O) groups is 2. The molecule has 1 N–H and O–H groups in total. The summed E-state index contributed by atoms with van der Waals surface area (Å²) in [6.07, 6.45) is 2.80. The largest absolute Gasteiger partial charge is 0.379 e. The molecule has 3 heterocycles. The van der Waals surface area contributed by atoms with Crippen molar-refractivity contribution in [2.45, 2.75) is 31.8 Å². The van der Waals surface area contributed by atoms with Crippen molar-refractivity contribution in [2.24, 2.45) is 5.92 Å². The third-order valence-corrected chi connectivity index (χ3v) is 5.45. The fourth-order valence-corrected chi connectivity index (χ4v) is 3.84. The Morgan fingerprint density at radius 3 is 2.85 bits per heavy atom. The molecule has 2 fully saturated rings. The molecule has 27 heavy (non-hydrogen) atoms. The van der Waals surface area contributed by atoms with Crippen LogP contribution < -0.4 is 5.32 Å². The third kappa shape index (κ3) is 3.60. The van der Waals surface area contributed by atoms with Crippen LogP contribution in [-0.4, -0.2) is 46.3 Å². The Kier molecular flexibility index (Phi) is 4.94. The molecule has 0 saturated carbocycles. The first-order valence-electron chi connectivity index (χ1n) is 9.40. The number of likely N-dealkylation sites (tertiary alicyclic amines) is 1. The maximum atomic E-state index is 12.8. The van der Waals surface area contributed by atoms with Crippen molar-refractivity contribution >= 4 is 17.6 Å². The number of anilines is 1. The number of hydrogen-bond donors (Lipinski definition) is 1. The SMILES string of the molecule is CC(c1ccccc1)N1CC(C(=O)Nc2ccnn2C2CCOC2)CC1=O. The molecule has 0 bridgehead atoms. The minimum absolute atomic E-state index is 0.0178. The first-order chi connectivity index (χ1) is 13.1. The maximum Gasteiger partial charge on any atom is 0.230 e. The molecule has 2 aliphatic heterocycles. The lowest BCUT2D eigenvalue weighted by Gasteiger charge is -2.25. The van der Waals surface area contributed by atoms with Gasteiger partial charge in [0.25, 0.3) is 0 Å². The van der Waals surface area contributed by atoms with Gasteiger partial charge in [0.1, 0.15) is 5.82 Å². The first-order valence-corrected chi connectivity index (χ1v) is 9.40. The highest BCUT2D eigenvalue weighted by Crippen LogP contribution is 2.29. The number of amides is 2. The van der Waals surface area contributed by atoms with Crippen molar-refractivity contribution in [1.82, 2.24) is 14.7 Å². The topological polar surface area (TPSA) is 76.5 Å². The van der Waals surface area contributed by atoms with Crippen LogP contribution in [0.2, 0.25) is 0 Å². The second kappa shape index (κ2) is 7.52. The molecule has 7 heteroatoms. The number of ether oxygens (including phenoxy) is 1. The van der Waals surface area contributed by atoms with E-state index >= 15 is 0 Å². The van der Waals surface area contributed by atoms with E-state index in [-0.39, 0.29) is 36.2 Å². The Bertz CT molecular complexity index is 814. The smallest absolute Gasteiger partial charge is 0.230 e. The minimum atomic E-state index is -0.355.